The molecule has 0 aromatic carbocycles. The van der Waals surface area contributed by atoms with Crippen molar-refractivity contribution in [3.8, 4) is 0 Å². The molecule has 2 aliphatic heterocycles. The molecule has 7 nitrogen and oxygen atoms in total. The molecule has 7 heteroatoms. The Hall–Kier alpha value is -1.99. The molecule has 1 unspecified atom stereocenters. The van der Waals surface area contributed by atoms with Crippen LogP contribution in [0, 0.1) is 46.3 Å². The summed E-state index contributed by atoms with van der Waals surface area (Å²) in [6, 6.07) is 0. The van der Waals surface area contributed by atoms with Crippen molar-refractivity contribution < 1.29 is 33.7 Å². The van der Waals surface area contributed by atoms with Crippen molar-refractivity contribution in [2.45, 2.75) is 97.6 Å². The highest BCUT2D eigenvalue weighted by Gasteiger charge is 2.80. The third kappa shape index (κ3) is 3.30. The molecular weight excluding hydrogens is 484 g/mol. The first kappa shape index (κ1) is 26.2. The number of aliphatic hydroxyl groups excluding tert-OH is 1. The van der Waals surface area contributed by atoms with Crippen LogP contribution < -0.4 is 0 Å². The van der Waals surface area contributed by atoms with Gasteiger partial charge in [0.25, 0.3) is 0 Å². The Balaban J connectivity index is 1.25. The summed E-state index contributed by atoms with van der Waals surface area (Å²) in [5.74, 6) is 1.43. The minimum absolute atomic E-state index is 0.0319. The molecule has 1 spiro atoms. The van der Waals surface area contributed by atoms with Crippen molar-refractivity contribution in [3.05, 3.63) is 23.3 Å². The maximum Gasteiger partial charge on any atom is 0.337 e. The van der Waals surface area contributed by atoms with Gasteiger partial charge in [0.15, 0.2) is 5.78 Å². The lowest BCUT2D eigenvalue weighted by Crippen LogP contribution is -2.63. The van der Waals surface area contributed by atoms with Crippen LogP contribution in [0.2, 0.25) is 0 Å². The lowest BCUT2D eigenvalue weighted by molar-refractivity contribution is -0.156. The summed E-state index contributed by atoms with van der Waals surface area (Å²) in [6.45, 7) is 12.3. The summed E-state index contributed by atoms with van der Waals surface area (Å²) in [5.41, 5.74) is 0.0701. The fourth-order valence-corrected chi connectivity index (χ4v) is 10.4. The first-order chi connectivity index (χ1) is 17.9. The summed E-state index contributed by atoms with van der Waals surface area (Å²) in [4.78, 5) is 37.6. The van der Waals surface area contributed by atoms with E-state index >= 15 is 0 Å². The maximum atomic E-state index is 13.4. The van der Waals surface area contributed by atoms with Crippen LogP contribution in [0.4, 0.5) is 0 Å². The number of esters is 2. The van der Waals surface area contributed by atoms with E-state index in [1.165, 1.54) is 6.92 Å². The SMILES string of the molecule is CC(=O)OCC1=C(C)C[C@H]([C@@H](C)[C@H]2[C@@H](C)C[C@H]3[C@@H]4C[C@H]5O[C@]56C(O)C=CC(=O)[C@]6(C)[C@H]4CC[C@]23C)OC1=O. The Morgan fingerprint density at radius 3 is 2.66 bits per heavy atom. The number of hydrogen-bond acceptors (Lipinski definition) is 7. The molecule has 0 bridgehead atoms. The number of aliphatic hydroxyl groups is 1. The molecule has 1 N–H and O–H groups in total. The Bertz CT molecular complexity index is 1140. The molecule has 2 heterocycles. The van der Waals surface area contributed by atoms with E-state index in [1.807, 2.05) is 6.92 Å². The van der Waals surface area contributed by atoms with Crippen LogP contribution in [0.3, 0.4) is 0 Å². The largest absolute Gasteiger partial charge is 0.461 e. The number of epoxide rings is 1. The second kappa shape index (κ2) is 8.50. The highest BCUT2D eigenvalue weighted by molar-refractivity contribution is 5.98. The Morgan fingerprint density at radius 2 is 1.97 bits per heavy atom. The number of allylic oxidation sites excluding steroid dienone is 1. The molecule has 0 radical (unpaired) electrons. The lowest BCUT2D eigenvalue weighted by atomic mass is 9.44. The van der Waals surface area contributed by atoms with E-state index in [-0.39, 0.29) is 47.8 Å². The van der Waals surface area contributed by atoms with Gasteiger partial charge in [-0.3, -0.25) is 9.59 Å². The molecular formula is C31H42O7. The molecule has 4 aliphatic carbocycles. The fraction of sp³-hybridized carbons (Fsp3) is 0.774. The smallest absolute Gasteiger partial charge is 0.337 e. The van der Waals surface area contributed by atoms with Crippen LogP contribution in [-0.2, 0) is 28.6 Å². The van der Waals surface area contributed by atoms with Crippen LogP contribution >= 0.6 is 0 Å². The molecule has 208 valence electrons. The van der Waals surface area contributed by atoms with E-state index in [9.17, 15) is 19.5 Å². The summed E-state index contributed by atoms with van der Waals surface area (Å²) in [6.07, 6.45) is 6.88. The first-order valence-corrected chi connectivity index (χ1v) is 14.5. The predicted molar refractivity (Wildman–Crippen MR) is 139 cm³/mol. The monoisotopic (exact) mass is 526 g/mol. The standard InChI is InChI=1S/C31H42O7/c1-15-12-23(37-28(35)20(15)14-36-18(4)32)17(3)27-16(2)11-22-19-13-26-31(38-26)25(34)8-7-24(33)30(31,6)21(19)9-10-29(22,27)5/h7-8,16-17,19,21-23,25-27,34H,9-14H2,1-6H3/t16-,17+,19+,21-,22-,23+,25?,26+,27+,29-,30-,31+/m0/s1. The third-order valence-electron chi connectivity index (χ3n) is 12.2. The minimum Gasteiger partial charge on any atom is -0.461 e. The summed E-state index contributed by atoms with van der Waals surface area (Å²) < 4.78 is 17.4. The van der Waals surface area contributed by atoms with Crippen LogP contribution in [0.1, 0.15) is 73.6 Å². The van der Waals surface area contributed by atoms with E-state index in [0.717, 1.165) is 31.3 Å². The zero-order valence-corrected chi connectivity index (χ0v) is 23.5. The Labute approximate surface area is 225 Å². The highest BCUT2D eigenvalue weighted by Crippen LogP contribution is 2.73. The number of cyclic esters (lactones) is 1. The van der Waals surface area contributed by atoms with Crippen LogP contribution in [-0.4, -0.2) is 53.3 Å². The summed E-state index contributed by atoms with van der Waals surface area (Å²) in [7, 11) is 0. The number of rotatable bonds is 4. The van der Waals surface area contributed by atoms with Gasteiger partial charge in [-0.2, -0.15) is 0 Å². The molecule has 38 heavy (non-hydrogen) atoms. The van der Waals surface area contributed by atoms with Crippen LogP contribution in [0.25, 0.3) is 0 Å². The van der Waals surface area contributed by atoms with Crippen molar-refractivity contribution in [2.75, 3.05) is 6.61 Å². The van der Waals surface area contributed by atoms with Gasteiger partial charge in [-0.25, -0.2) is 4.79 Å². The van der Waals surface area contributed by atoms with E-state index in [0.29, 0.717) is 35.7 Å². The summed E-state index contributed by atoms with van der Waals surface area (Å²) in [5, 5.41) is 10.9. The number of carbonyl (C=O) groups is 3. The average molecular weight is 527 g/mol. The van der Waals surface area contributed by atoms with E-state index in [2.05, 4.69) is 27.7 Å². The van der Waals surface area contributed by atoms with Crippen LogP contribution in [0.5, 0.6) is 0 Å². The fourth-order valence-electron chi connectivity index (χ4n) is 10.4. The quantitative estimate of drug-likeness (QED) is 0.433. The van der Waals surface area contributed by atoms with Crippen LogP contribution in [0.15, 0.2) is 23.3 Å². The molecule has 0 amide bonds. The van der Waals surface area contributed by atoms with Gasteiger partial charge >= 0.3 is 11.9 Å². The van der Waals surface area contributed by atoms with E-state index in [1.54, 1.807) is 12.2 Å². The maximum absolute atomic E-state index is 13.4. The first-order valence-electron chi connectivity index (χ1n) is 14.5. The van der Waals surface area contributed by atoms with Crippen molar-refractivity contribution in [2.24, 2.45) is 46.3 Å². The zero-order valence-electron chi connectivity index (χ0n) is 23.5. The van der Waals surface area contributed by atoms with E-state index in [4.69, 9.17) is 14.2 Å². The van der Waals surface area contributed by atoms with Gasteiger partial charge in [0.05, 0.1) is 17.1 Å². The van der Waals surface area contributed by atoms with E-state index < -0.39 is 23.1 Å². The van der Waals surface area contributed by atoms with Gasteiger partial charge < -0.3 is 19.3 Å². The Kier molecular flexibility index (Phi) is 5.87. The second-order valence-electron chi connectivity index (χ2n) is 13.7. The topological polar surface area (TPSA) is 102 Å². The molecule has 4 fully saturated rings. The third-order valence-corrected chi connectivity index (χ3v) is 12.2. The normalized spacial score (nSPS) is 49.9. The molecule has 0 aromatic rings. The van der Waals surface area contributed by atoms with Crippen molar-refractivity contribution in [1.29, 1.82) is 0 Å². The molecule has 12 atom stereocenters. The van der Waals surface area contributed by atoms with Gasteiger partial charge in [-0.15, -0.1) is 0 Å². The molecule has 6 rings (SSSR count). The van der Waals surface area contributed by atoms with Gasteiger partial charge in [0.1, 0.15) is 24.4 Å². The predicted octanol–water partition coefficient (Wildman–Crippen LogP) is 4.17. The van der Waals surface area contributed by atoms with Gasteiger partial charge in [-0.1, -0.05) is 26.3 Å². The zero-order chi connectivity index (χ0) is 27.4. The Morgan fingerprint density at radius 1 is 1.24 bits per heavy atom. The number of ketones is 1. The molecule has 3 saturated carbocycles. The summed E-state index contributed by atoms with van der Waals surface area (Å²) >= 11 is 0. The molecule has 0 aromatic heterocycles. The number of carbonyl (C=O) groups excluding carboxylic acids is 3. The average Bonchev–Trinajstić information content (AvgIpc) is 3.52. The number of hydrogen-bond donors (Lipinski definition) is 1. The van der Waals surface area contributed by atoms with Gasteiger partial charge in [-0.05, 0) is 92.6 Å². The lowest BCUT2D eigenvalue weighted by Gasteiger charge is -2.58. The molecule has 6 aliphatic rings. The highest BCUT2D eigenvalue weighted by atomic mass is 16.6. The van der Waals surface area contributed by atoms with Crippen molar-refractivity contribution in [1.82, 2.24) is 0 Å². The van der Waals surface area contributed by atoms with Crippen molar-refractivity contribution >= 4 is 17.7 Å². The number of ether oxygens (including phenoxy) is 3. The second-order valence-corrected chi connectivity index (χ2v) is 13.7. The van der Waals surface area contributed by atoms with Gasteiger partial charge in [0.2, 0.25) is 0 Å². The minimum atomic E-state index is -0.741. The number of fused-ring (bicyclic) bond motifs is 4. The molecule has 1 saturated heterocycles. The van der Waals surface area contributed by atoms with Crippen molar-refractivity contribution in [3.63, 3.8) is 0 Å². The van der Waals surface area contributed by atoms with Gasteiger partial charge in [0, 0.05) is 13.3 Å².